The summed E-state index contributed by atoms with van der Waals surface area (Å²) < 4.78 is 12.8. The lowest BCUT2D eigenvalue weighted by Crippen LogP contribution is -2.30. The van der Waals surface area contributed by atoms with Crippen molar-refractivity contribution >= 4 is 0 Å². The number of ether oxygens (including phenoxy) is 2. The quantitative estimate of drug-likeness (QED) is 0.0871. The van der Waals surface area contributed by atoms with Gasteiger partial charge in [0.25, 0.3) is 0 Å². The van der Waals surface area contributed by atoms with E-state index in [9.17, 15) is 10.2 Å². The smallest absolute Gasteiger partial charge is 0.125 e. The first-order valence-corrected chi connectivity index (χ1v) is 19.1. The minimum atomic E-state index is -0.540. The third-order valence-electron chi connectivity index (χ3n) is 10.2. The van der Waals surface area contributed by atoms with Gasteiger partial charge in [-0.15, -0.1) is 0 Å². The fraction of sp³-hybridized carbons (Fsp3) is 0.467. The van der Waals surface area contributed by atoms with Crippen LogP contribution in [0, 0.1) is 0 Å². The molecule has 0 atom stereocenters. The molecular weight excluding hydrogens is 604 g/mol. The zero-order valence-corrected chi connectivity index (χ0v) is 30.5. The first-order chi connectivity index (χ1) is 24.1. The van der Waals surface area contributed by atoms with Gasteiger partial charge < -0.3 is 19.7 Å². The Kier molecular flexibility index (Phi) is 13.4. The molecule has 1 aliphatic carbocycles. The van der Waals surface area contributed by atoms with Crippen molar-refractivity contribution in [3.8, 4) is 22.6 Å². The minimum Gasteiger partial charge on any atom is -0.491 e. The maximum Gasteiger partial charge on any atom is 0.125 e. The molecule has 1 aliphatic rings. The summed E-state index contributed by atoms with van der Waals surface area (Å²) in [6, 6.07) is 27.7. The van der Waals surface area contributed by atoms with Crippen molar-refractivity contribution in [2.45, 2.75) is 110 Å². The fourth-order valence-corrected chi connectivity index (χ4v) is 7.84. The summed E-state index contributed by atoms with van der Waals surface area (Å²) in [5.41, 5.74) is 12.2. The van der Waals surface area contributed by atoms with Gasteiger partial charge in [0.1, 0.15) is 24.7 Å². The first-order valence-electron chi connectivity index (χ1n) is 19.1. The Balaban J connectivity index is 1.91. The topological polar surface area (TPSA) is 58.9 Å². The Morgan fingerprint density at radius 3 is 1.12 bits per heavy atom. The molecule has 0 bridgehead atoms. The summed E-state index contributed by atoms with van der Waals surface area (Å²) in [6.07, 6.45) is 12.4. The van der Waals surface area contributed by atoms with Crippen molar-refractivity contribution < 1.29 is 19.7 Å². The van der Waals surface area contributed by atoms with Crippen molar-refractivity contribution in [3.63, 3.8) is 0 Å². The molecule has 0 heterocycles. The van der Waals surface area contributed by atoms with E-state index in [-0.39, 0.29) is 13.2 Å². The average molecular weight is 663 g/mol. The van der Waals surface area contributed by atoms with E-state index in [1.54, 1.807) is 0 Å². The van der Waals surface area contributed by atoms with E-state index in [1.165, 1.54) is 55.6 Å². The van der Waals surface area contributed by atoms with Gasteiger partial charge in [-0.3, -0.25) is 0 Å². The van der Waals surface area contributed by atoms with E-state index in [4.69, 9.17) is 9.47 Å². The van der Waals surface area contributed by atoms with Crippen molar-refractivity contribution in [2.75, 3.05) is 26.4 Å². The monoisotopic (exact) mass is 662 g/mol. The van der Waals surface area contributed by atoms with Gasteiger partial charge in [-0.05, 0) is 107 Å². The fourth-order valence-electron chi connectivity index (χ4n) is 7.84. The molecule has 49 heavy (non-hydrogen) atoms. The second-order valence-electron chi connectivity index (χ2n) is 13.6. The standard InChI is InChI=1S/C45H58O4/c1-5-9-17-33-29-37(30-34(18-10-6-2)43(33)48-27-25-46)45(41-23-15-13-21-39(41)40-22-14-16-24-42(40)45)38-31-35(19-11-7-3)44(49-28-26-47)36(32-38)20-12-8-4/h13-16,21-24,29-32,46-47H,5-12,17-20,25-28H2,1-4H3. The van der Waals surface area contributed by atoms with Gasteiger partial charge in [0.05, 0.1) is 18.6 Å². The molecule has 0 unspecified atom stereocenters. The Hall–Kier alpha value is -3.60. The second-order valence-corrected chi connectivity index (χ2v) is 13.6. The summed E-state index contributed by atoms with van der Waals surface area (Å²) in [5.74, 6) is 1.93. The summed E-state index contributed by atoms with van der Waals surface area (Å²) in [7, 11) is 0. The highest BCUT2D eigenvalue weighted by molar-refractivity contribution is 5.86. The Bertz CT molecular complexity index is 1470. The molecule has 2 N–H and O–H groups in total. The molecule has 0 fully saturated rings. The number of rotatable bonds is 20. The van der Waals surface area contributed by atoms with Gasteiger partial charge in [0.2, 0.25) is 0 Å². The summed E-state index contributed by atoms with van der Waals surface area (Å²) >= 11 is 0. The van der Waals surface area contributed by atoms with Crippen molar-refractivity contribution in [1.82, 2.24) is 0 Å². The van der Waals surface area contributed by atoms with Gasteiger partial charge in [0, 0.05) is 0 Å². The molecule has 0 aromatic heterocycles. The van der Waals surface area contributed by atoms with E-state index in [2.05, 4.69) is 100 Å². The molecule has 262 valence electrons. The van der Waals surface area contributed by atoms with Gasteiger partial charge >= 0.3 is 0 Å². The van der Waals surface area contributed by atoms with Crippen molar-refractivity contribution in [3.05, 3.63) is 117 Å². The Morgan fingerprint density at radius 2 is 0.816 bits per heavy atom. The summed E-state index contributed by atoms with van der Waals surface area (Å²) in [4.78, 5) is 0. The zero-order chi connectivity index (χ0) is 34.6. The lowest BCUT2D eigenvalue weighted by atomic mass is 9.66. The first kappa shape index (κ1) is 36.7. The van der Waals surface area contributed by atoms with E-state index in [0.717, 1.165) is 88.5 Å². The second kappa shape index (κ2) is 17.9. The highest BCUT2D eigenvalue weighted by atomic mass is 16.5. The lowest BCUT2D eigenvalue weighted by Gasteiger charge is -2.36. The molecule has 0 radical (unpaired) electrons. The number of hydrogen-bond acceptors (Lipinski definition) is 4. The molecule has 0 amide bonds. The van der Waals surface area contributed by atoms with Crippen molar-refractivity contribution in [1.29, 1.82) is 0 Å². The van der Waals surface area contributed by atoms with Crippen LogP contribution >= 0.6 is 0 Å². The molecule has 0 saturated heterocycles. The normalized spacial score (nSPS) is 12.9. The SMILES string of the molecule is CCCCc1cc(C2(c3cc(CCCC)c(OCCO)c(CCCC)c3)c3ccccc3-c3ccccc32)cc(CCCC)c1OCCO. The van der Waals surface area contributed by atoms with Crippen LogP contribution in [0.15, 0.2) is 72.8 Å². The van der Waals surface area contributed by atoms with Crippen LogP contribution in [0.3, 0.4) is 0 Å². The van der Waals surface area contributed by atoms with Gasteiger partial charge in [-0.1, -0.05) is 126 Å². The van der Waals surface area contributed by atoms with Crippen LogP contribution in [0.2, 0.25) is 0 Å². The molecule has 5 rings (SSSR count). The van der Waals surface area contributed by atoms with Crippen LogP contribution in [0.5, 0.6) is 11.5 Å². The predicted octanol–water partition coefficient (Wildman–Crippen LogP) is 10.2. The van der Waals surface area contributed by atoms with E-state index < -0.39 is 5.41 Å². The molecule has 4 aromatic carbocycles. The van der Waals surface area contributed by atoms with Gasteiger partial charge in [-0.25, -0.2) is 0 Å². The Labute approximate surface area is 295 Å². The number of benzene rings is 4. The molecule has 0 aliphatic heterocycles. The molecule has 4 aromatic rings. The van der Waals surface area contributed by atoms with Crippen LogP contribution < -0.4 is 9.47 Å². The Morgan fingerprint density at radius 1 is 0.490 bits per heavy atom. The largest absolute Gasteiger partial charge is 0.491 e. The molecule has 0 spiro atoms. The number of aliphatic hydroxyl groups excluding tert-OH is 2. The van der Waals surface area contributed by atoms with Crippen LogP contribution in [-0.4, -0.2) is 36.6 Å². The summed E-state index contributed by atoms with van der Waals surface area (Å²) in [5, 5.41) is 19.6. The third kappa shape index (κ3) is 7.61. The number of hydrogen-bond donors (Lipinski definition) is 2. The van der Waals surface area contributed by atoms with E-state index in [0.29, 0.717) is 13.2 Å². The van der Waals surface area contributed by atoms with Crippen LogP contribution in [0.25, 0.3) is 11.1 Å². The number of unbranched alkanes of at least 4 members (excludes halogenated alkanes) is 4. The number of fused-ring (bicyclic) bond motifs is 3. The molecule has 4 heteroatoms. The highest BCUT2D eigenvalue weighted by Gasteiger charge is 2.47. The molecule has 0 saturated carbocycles. The average Bonchev–Trinajstić information content (AvgIpc) is 3.44. The molecular formula is C45H58O4. The van der Waals surface area contributed by atoms with E-state index in [1.807, 2.05) is 0 Å². The predicted molar refractivity (Wildman–Crippen MR) is 203 cm³/mol. The summed E-state index contributed by atoms with van der Waals surface area (Å²) in [6.45, 7) is 9.58. The van der Waals surface area contributed by atoms with E-state index >= 15 is 0 Å². The van der Waals surface area contributed by atoms with Crippen LogP contribution in [0.1, 0.15) is 124 Å². The maximum atomic E-state index is 9.80. The van der Waals surface area contributed by atoms with Crippen molar-refractivity contribution in [2.24, 2.45) is 0 Å². The minimum absolute atomic E-state index is 0.00134. The third-order valence-corrected chi connectivity index (χ3v) is 10.2. The lowest BCUT2D eigenvalue weighted by molar-refractivity contribution is 0.199. The van der Waals surface area contributed by atoms with Crippen LogP contribution in [-0.2, 0) is 31.1 Å². The number of aliphatic hydroxyl groups is 2. The van der Waals surface area contributed by atoms with Crippen LogP contribution in [0.4, 0.5) is 0 Å². The highest BCUT2D eigenvalue weighted by Crippen LogP contribution is 2.57. The van der Waals surface area contributed by atoms with Gasteiger partial charge in [-0.2, -0.15) is 0 Å². The molecule has 4 nitrogen and oxygen atoms in total. The number of aryl methyl sites for hydroxylation is 4. The maximum absolute atomic E-state index is 9.80. The zero-order valence-electron chi connectivity index (χ0n) is 30.5. The van der Waals surface area contributed by atoms with Gasteiger partial charge in [0.15, 0.2) is 0 Å².